The number of nitrogens with zero attached hydrogens (tertiary/aromatic N) is 2. The summed E-state index contributed by atoms with van der Waals surface area (Å²) in [5, 5.41) is 2.82. The molecule has 2 rings (SSSR count). The van der Waals surface area contributed by atoms with E-state index < -0.39 is 6.04 Å². The first-order valence-electron chi connectivity index (χ1n) is 8.09. The van der Waals surface area contributed by atoms with E-state index in [1.807, 2.05) is 42.5 Å². The number of nitrogens with one attached hydrogen (secondary N) is 1. The molecule has 2 aromatic rings. The van der Waals surface area contributed by atoms with Gasteiger partial charge in [-0.2, -0.15) is 0 Å². The maximum absolute atomic E-state index is 12.4. The molecule has 132 valence electrons. The molecule has 6 heteroatoms. The Bertz CT molecular complexity index is 702. The fourth-order valence-electron chi connectivity index (χ4n) is 2.42. The lowest BCUT2D eigenvalue weighted by atomic mass is 10.1. The highest BCUT2D eigenvalue weighted by Gasteiger charge is 2.23. The molecule has 0 aliphatic rings. The van der Waals surface area contributed by atoms with Crippen molar-refractivity contribution in [2.45, 2.75) is 33.0 Å². The van der Waals surface area contributed by atoms with Crippen molar-refractivity contribution in [3.8, 4) is 5.75 Å². The summed E-state index contributed by atoms with van der Waals surface area (Å²) in [4.78, 5) is 30.1. The topological polar surface area (TPSA) is 71.5 Å². The molecule has 0 saturated carbocycles. The Labute approximate surface area is 147 Å². The lowest BCUT2D eigenvalue weighted by Crippen LogP contribution is -2.46. The van der Waals surface area contributed by atoms with E-state index in [-0.39, 0.29) is 11.8 Å². The van der Waals surface area contributed by atoms with Gasteiger partial charge in [0.15, 0.2) is 0 Å². The number of rotatable bonds is 7. The second-order valence-corrected chi connectivity index (χ2v) is 5.71. The van der Waals surface area contributed by atoms with Crippen LogP contribution in [0.15, 0.2) is 48.7 Å². The smallest absolute Gasteiger partial charge is 0.242 e. The molecule has 1 aromatic carbocycles. The van der Waals surface area contributed by atoms with Gasteiger partial charge in [-0.1, -0.05) is 18.2 Å². The van der Waals surface area contributed by atoms with Crippen LogP contribution in [-0.2, 0) is 22.7 Å². The fourth-order valence-corrected chi connectivity index (χ4v) is 2.42. The first kappa shape index (κ1) is 18.4. The van der Waals surface area contributed by atoms with Crippen molar-refractivity contribution < 1.29 is 14.3 Å². The van der Waals surface area contributed by atoms with Crippen LogP contribution in [0.2, 0.25) is 0 Å². The van der Waals surface area contributed by atoms with E-state index >= 15 is 0 Å². The van der Waals surface area contributed by atoms with Gasteiger partial charge in [0.2, 0.25) is 11.8 Å². The summed E-state index contributed by atoms with van der Waals surface area (Å²) in [5.41, 5.74) is 1.70. The third-order valence-corrected chi connectivity index (χ3v) is 3.93. The second-order valence-electron chi connectivity index (χ2n) is 5.71. The average Bonchev–Trinajstić information content (AvgIpc) is 2.64. The quantitative estimate of drug-likeness (QED) is 0.837. The van der Waals surface area contributed by atoms with E-state index in [4.69, 9.17) is 4.74 Å². The molecule has 6 nitrogen and oxygen atoms in total. The first-order valence-corrected chi connectivity index (χ1v) is 8.09. The van der Waals surface area contributed by atoms with Gasteiger partial charge in [0.25, 0.3) is 0 Å². The Morgan fingerprint density at radius 3 is 2.48 bits per heavy atom. The number of hydrogen-bond donors (Lipinski definition) is 1. The van der Waals surface area contributed by atoms with Crippen molar-refractivity contribution in [1.29, 1.82) is 0 Å². The molecule has 0 spiro atoms. The van der Waals surface area contributed by atoms with Gasteiger partial charge in [0, 0.05) is 19.7 Å². The van der Waals surface area contributed by atoms with Crippen molar-refractivity contribution in [1.82, 2.24) is 15.2 Å². The minimum Gasteiger partial charge on any atom is -0.497 e. The van der Waals surface area contributed by atoms with E-state index in [1.54, 1.807) is 20.2 Å². The molecule has 1 heterocycles. The van der Waals surface area contributed by atoms with Gasteiger partial charge in [-0.3, -0.25) is 14.6 Å². The van der Waals surface area contributed by atoms with Gasteiger partial charge >= 0.3 is 0 Å². The Kier molecular flexibility index (Phi) is 6.51. The summed E-state index contributed by atoms with van der Waals surface area (Å²) in [5.74, 6) is 0.380. The Balaban J connectivity index is 1.99. The molecule has 1 N–H and O–H groups in total. The van der Waals surface area contributed by atoms with Crippen LogP contribution >= 0.6 is 0 Å². The number of hydrogen-bond acceptors (Lipinski definition) is 4. The molecular formula is C19H23N3O3. The zero-order valence-electron chi connectivity index (χ0n) is 14.7. The standard InChI is InChI=1S/C19H23N3O3/c1-14(19(24)21-12-17-6-4-5-11-20-17)22(15(2)23)13-16-7-9-18(25-3)10-8-16/h4-11,14H,12-13H2,1-3H3,(H,21,24). The van der Waals surface area contributed by atoms with Gasteiger partial charge in [-0.25, -0.2) is 0 Å². The number of benzene rings is 1. The summed E-state index contributed by atoms with van der Waals surface area (Å²) < 4.78 is 5.13. The number of amides is 2. The highest BCUT2D eigenvalue weighted by Crippen LogP contribution is 2.14. The molecule has 0 aliphatic carbocycles. The predicted molar refractivity (Wildman–Crippen MR) is 94.8 cm³/mol. The third kappa shape index (κ3) is 5.31. The van der Waals surface area contributed by atoms with Crippen LogP contribution in [0, 0.1) is 0 Å². The first-order chi connectivity index (χ1) is 12.0. The molecule has 0 aliphatic heterocycles. The minimum atomic E-state index is -0.580. The summed E-state index contributed by atoms with van der Waals surface area (Å²) in [6.45, 7) is 3.88. The number of aromatic nitrogens is 1. The van der Waals surface area contributed by atoms with Crippen LogP contribution in [0.4, 0.5) is 0 Å². The molecule has 1 aromatic heterocycles. The lowest BCUT2D eigenvalue weighted by molar-refractivity contribution is -0.139. The molecule has 0 saturated heterocycles. The van der Waals surface area contributed by atoms with Gasteiger partial charge in [-0.15, -0.1) is 0 Å². The van der Waals surface area contributed by atoms with Crippen molar-refractivity contribution in [2.24, 2.45) is 0 Å². The SMILES string of the molecule is COc1ccc(CN(C(C)=O)C(C)C(=O)NCc2ccccn2)cc1. The number of carbonyl (C=O) groups is 2. The van der Waals surface area contributed by atoms with Crippen LogP contribution in [0.5, 0.6) is 5.75 Å². The number of methoxy groups -OCH3 is 1. The second kappa shape index (κ2) is 8.82. The minimum absolute atomic E-state index is 0.156. The van der Waals surface area contributed by atoms with Crippen molar-refractivity contribution in [2.75, 3.05) is 7.11 Å². The molecule has 0 fully saturated rings. The van der Waals surface area contributed by atoms with Crippen molar-refractivity contribution >= 4 is 11.8 Å². The summed E-state index contributed by atoms with van der Waals surface area (Å²) >= 11 is 0. The fraction of sp³-hybridized carbons (Fsp3) is 0.316. The average molecular weight is 341 g/mol. The Morgan fingerprint density at radius 1 is 1.20 bits per heavy atom. The van der Waals surface area contributed by atoms with Crippen LogP contribution in [-0.4, -0.2) is 34.8 Å². The number of ether oxygens (including phenoxy) is 1. The molecule has 25 heavy (non-hydrogen) atoms. The third-order valence-electron chi connectivity index (χ3n) is 3.93. The van der Waals surface area contributed by atoms with E-state index in [2.05, 4.69) is 10.3 Å². The van der Waals surface area contributed by atoms with E-state index in [0.717, 1.165) is 17.0 Å². The lowest BCUT2D eigenvalue weighted by Gasteiger charge is -2.27. The van der Waals surface area contributed by atoms with Gasteiger partial charge in [-0.05, 0) is 36.8 Å². The van der Waals surface area contributed by atoms with E-state index in [9.17, 15) is 9.59 Å². The van der Waals surface area contributed by atoms with Crippen LogP contribution in [0.25, 0.3) is 0 Å². The Hall–Kier alpha value is -2.89. The molecule has 2 amide bonds. The predicted octanol–water partition coefficient (Wildman–Crippen LogP) is 2.14. The van der Waals surface area contributed by atoms with Crippen LogP contribution in [0.1, 0.15) is 25.1 Å². The van der Waals surface area contributed by atoms with Crippen LogP contribution < -0.4 is 10.1 Å². The summed E-state index contributed by atoms with van der Waals surface area (Å²) in [6, 6.07) is 12.4. The van der Waals surface area contributed by atoms with E-state index in [0.29, 0.717) is 13.1 Å². The van der Waals surface area contributed by atoms with E-state index in [1.165, 1.54) is 11.8 Å². The largest absolute Gasteiger partial charge is 0.497 e. The van der Waals surface area contributed by atoms with Gasteiger partial charge in [0.1, 0.15) is 11.8 Å². The summed E-state index contributed by atoms with van der Waals surface area (Å²) in [7, 11) is 1.60. The normalized spacial score (nSPS) is 11.5. The van der Waals surface area contributed by atoms with Crippen molar-refractivity contribution in [3.63, 3.8) is 0 Å². The highest BCUT2D eigenvalue weighted by molar-refractivity contribution is 5.86. The zero-order chi connectivity index (χ0) is 18.2. The molecular weight excluding hydrogens is 318 g/mol. The monoisotopic (exact) mass is 341 g/mol. The molecule has 0 radical (unpaired) electrons. The van der Waals surface area contributed by atoms with Gasteiger partial charge < -0.3 is 15.0 Å². The zero-order valence-corrected chi connectivity index (χ0v) is 14.7. The highest BCUT2D eigenvalue weighted by atomic mass is 16.5. The maximum Gasteiger partial charge on any atom is 0.242 e. The molecule has 0 bridgehead atoms. The van der Waals surface area contributed by atoms with Crippen molar-refractivity contribution in [3.05, 3.63) is 59.9 Å². The molecule has 1 unspecified atom stereocenters. The maximum atomic E-state index is 12.4. The molecule has 1 atom stereocenters. The van der Waals surface area contributed by atoms with Crippen LogP contribution in [0.3, 0.4) is 0 Å². The summed E-state index contributed by atoms with van der Waals surface area (Å²) in [6.07, 6.45) is 1.68. The van der Waals surface area contributed by atoms with Gasteiger partial charge in [0.05, 0.1) is 19.3 Å². The Morgan fingerprint density at radius 2 is 1.92 bits per heavy atom. The number of carbonyl (C=O) groups excluding carboxylic acids is 2. The number of pyridine rings is 1.